The Morgan fingerprint density at radius 1 is 1.29 bits per heavy atom. The maximum atomic E-state index is 12.3. The van der Waals surface area contributed by atoms with E-state index >= 15 is 0 Å². The molecule has 0 aliphatic rings. The second-order valence-corrected chi connectivity index (χ2v) is 4.53. The Balaban J connectivity index is 4.30. The molecular formula is C11H21F3N2O. The lowest BCUT2D eigenvalue weighted by atomic mass is 10.1. The van der Waals surface area contributed by atoms with E-state index in [9.17, 15) is 18.0 Å². The molecule has 6 heteroatoms. The third-order valence-electron chi connectivity index (χ3n) is 2.15. The van der Waals surface area contributed by atoms with Crippen LogP contribution in [0.3, 0.4) is 0 Å². The van der Waals surface area contributed by atoms with E-state index in [1.807, 2.05) is 0 Å². The van der Waals surface area contributed by atoms with Crippen molar-refractivity contribution < 1.29 is 18.0 Å². The Hall–Kier alpha value is -0.780. The number of unbranched alkanes of at least 4 members (excludes halogenated alkanes) is 1. The quantitative estimate of drug-likeness (QED) is 0.708. The third kappa shape index (κ3) is 8.97. The van der Waals surface area contributed by atoms with Gasteiger partial charge in [-0.05, 0) is 25.3 Å². The molecule has 17 heavy (non-hydrogen) atoms. The van der Waals surface area contributed by atoms with Gasteiger partial charge in [0.1, 0.15) is 6.54 Å². The zero-order valence-electron chi connectivity index (χ0n) is 10.4. The Morgan fingerprint density at radius 2 is 1.88 bits per heavy atom. The van der Waals surface area contributed by atoms with Crippen LogP contribution in [0.4, 0.5) is 13.2 Å². The molecule has 0 spiro atoms. The van der Waals surface area contributed by atoms with Gasteiger partial charge in [-0.15, -0.1) is 0 Å². The minimum absolute atomic E-state index is 0.0239. The summed E-state index contributed by atoms with van der Waals surface area (Å²) in [5.74, 6) is -0.416. The van der Waals surface area contributed by atoms with Gasteiger partial charge < -0.3 is 10.6 Å². The number of carbonyl (C=O) groups is 1. The number of alkyl halides is 3. The van der Waals surface area contributed by atoms with Gasteiger partial charge in [-0.25, -0.2) is 0 Å². The minimum Gasteiger partial charge on any atom is -0.333 e. The smallest absolute Gasteiger partial charge is 0.333 e. The summed E-state index contributed by atoms with van der Waals surface area (Å²) in [5, 5.41) is 0. The fourth-order valence-electron chi connectivity index (χ4n) is 1.49. The van der Waals surface area contributed by atoms with Crippen LogP contribution in [0.25, 0.3) is 0 Å². The van der Waals surface area contributed by atoms with Crippen LogP contribution in [0, 0.1) is 5.92 Å². The molecule has 102 valence electrons. The van der Waals surface area contributed by atoms with Crippen LogP contribution in [0.1, 0.15) is 33.1 Å². The molecular weight excluding hydrogens is 233 g/mol. The first-order valence-corrected chi connectivity index (χ1v) is 5.81. The molecule has 0 rings (SSSR count). The first-order valence-electron chi connectivity index (χ1n) is 5.81. The number of nitrogens with zero attached hydrogens (tertiary/aromatic N) is 1. The largest absolute Gasteiger partial charge is 0.406 e. The average molecular weight is 254 g/mol. The summed E-state index contributed by atoms with van der Waals surface area (Å²) in [7, 11) is 0. The van der Waals surface area contributed by atoms with E-state index in [4.69, 9.17) is 5.73 Å². The molecule has 0 atom stereocenters. The summed E-state index contributed by atoms with van der Waals surface area (Å²) >= 11 is 0. The SMILES string of the molecule is CC(C)CN(CC(F)(F)F)C(=O)CCCCN. The van der Waals surface area contributed by atoms with Gasteiger partial charge in [0.25, 0.3) is 0 Å². The normalized spacial score (nSPS) is 11.9. The number of hydrogen-bond acceptors (Lipinski definition) is 2. The van der Waals surface area contributed by atoms with Crippen LogP contribution in [0.5, 0.6) is 0 Å². The van der Waals surface area contributed by atoms with Crippen LogP contribution >= 0.6 is 0 Å². The van der Waals surface area contributed by atoms with Crippen molar-refractivity contribution >= 4 is 5.91 Å². The molecule has 0 saturated carbocycles. The maximum absolute atomic E-state index is 12.3. The van der Waals surface area contributed by atoms with Crippen LogP contribution in [0.2, 0.25) is 0 Å². The molecule has 0 saturated heterocycles. The van der Waals surface area contributed by atoms with Gasteiger partial charge >= 0.3 is 6.18 Å². The van der Waals surface area contributed by atoms with Gasteiger partial charge in [0.2, 0.25) is 5.91 Å². The fraction of sp³-hybridized carbons (Fsp3) is 0.909. The number of rotatable bonds is 7. The molecule has 0 radical (unpaired) electrons. The molecule has 0 aromatic rings. The molecule has 1 amide bonds. The molecule has 0 fully saturated rings. The second-order valence-electron chi connectivity index (χ2n) is 4.53. The van der Waals surface area contributed by atoms with E-state index in [1.165, 1.54) is 0 Å². The van der Waals surface area contributed by atoms with Crippen molar-refractivity contribution in [2.45, 2.75) is 39.3 Å². The molecule has 0 aliphatic heterocycles. The van der Waals surface area contributed by atoms with E-state index in [-0.39, 0.29) is 18.9 Å². The fourth-order valence-corrected chi connectivity index (χ4v) is 1.49. The van der Waals surface area contributed by atoms with Crippen molar-refractivity contribution in [2.24, 2.45) is 11.7 Å². The van der Waals surface area contributed by atoms with Crippen molar-refractivity contribution in [1.82, 2.24) is 4.90 Å². The number of carbonyl (C=O) groups excluding carboxylic acids is 1. The Labute approximate surface area is 100 Å². The first-order chi connectivity index (χ1) is 7.76. The highest BCUT2D eigenvalue weighted by Gasteiger charge is 2.32. The van der Waals surface area contributed by atoms with E-state index in [0.717, 1.165) is 4.90 Å². The van der Waals surface area contributed by atoms with E-state index in [0.29, 0.717) is 19.4 Å². The molecule has 0 aromatic carbocycles. The lowest BCUT2D eigenvalue weighted by Gasteiger charge is -2.25. The summed E-state index contributed by atoms with van der Waals surface area (Å²) in [6.07, 6.45) is -2.99. The monoisotopic (exact) mass is 254 g/mol. The molecule has 2 N–H and O–H groups in total. The topological polar surface area (TPSA) is 46.3 Å². The second kappa shape index (κ2) is 7.53. The first kappa shape index (κ1) is 16.2. The summed E-state index contributed by atoms with van der Waals surface area (Å²) in [6.45, 7) is 3.01. The van der Waals surface area contributed by atoms with E-state index in [2.05, 4.69) is 0 Å². The van der Waals surface area contributed by atoms with Gasteiger partial charge in [-0.1, -0.05) is 13.8 Å². The van der Waals surface area contributed by atoms with Crippen molar-refractivity contribution in [2.75, 3.05) is 19.6 Å². The Morgan fingerprint density at radius 3 is 2.29 bits per heavy atom. The number of halogens is 3. The highest BCUT2D eigenvalue weighted by molar-refractivity contribution is 5.76. The zero-order valence-corrected chi connectivity index (χ0v) is 10.4. The molecule has 0 unspecified atom stereocenters. The third-order valence-corrected chi connectivity index (χ3v) is 2.15. The van der Waals surface area contributed by atoms with Crippen LogP contribution < -0.4 is 5.73 Å². The zero-order chi connectivity index (χ0) is 13.5. The predicted octanol–water partition coefficient (Wildman–Crippen LogP) is 2.16. The van der Waals surface area contributed by atoms with Crippen molar-refractivity contribution in [1.29, 1.82) is 0 Å². The summed E-state index contributed by atoms with van der Waals surface area (Å²) in [6, 6.07) is 0. The number of nitrogens with two attached hydrogens (primary N) is 1. The average Bonchev–Trinajstić information content (AvgIpc) is 2.14. The van der Waals surface area contributed by atoms with Crippen LogP contribution in [0.15, 0.2) is 0 Å². The van der Waals surface area contributed by atoms with E-state index < -0.39 is 18.6 Å². The Bertz CT molecular complexity index is 229. The predicted molar refractivity (Wildman–Crippen MR) is 60.4 cm³/mol. The van der Waals surface area contributed by atoms with Gasteiger partial charge in [-0.2, -0.15) is 13.2 Å². The van der Waals surface area contributed by atoms with Crippen molar-refractivity contribution in [3.05, 3.63) is 0 Å². The lowest BCUT2D eigenvalue weighted by Crippen LogP contribution is -2.41. The van der Waals surface area contributed by atoms with Gasteiger partial charge in [0, 0.05) is 13.0 Å². The van der Waals surface area contributed by atoms with E-state index in [1.54, 1.807) is 13.8 Å². The molecule has 3 nitrogen and oxygen atoms in total. The maximum Gasteiger partial charge on any atom is 0.406 e. The van der Waals surface area contributed by atoms with Crippen LogP contribution in [-0.2, 0) is 4.79 Å². The summed E-state index contributed by atoms with van der Waals surface area (Å²) < 4.78 is 36.9. The number of amides is 1. The standard InChI is InChI=1S/C11H21F3N2O/c1-9(2)7-16(8-11(12,13)14)10(17)5-3-4-6-15/h9H,3-8,15H2,1-2H3. The molecule has 0 aromatic heterocycles. The van der Waals surface area contributed by atoms with Gasteiger partial charge in [0.05, 0.1) is 0 Å². The van der Waals surface area contributed by atoms with Crippen molar-refractivity contribution in [3.63, 3.8) is 0 Å². The molecule has 0 heterocycles. The number of hydrogen-bond donors (Lipinski definition) is 1. The minimum atomic E-state index is -4.33. The van der Waals surface area contributed by atoms with Gasteiger partial charge in [-0.3, -0.25) is 4.79 Å². The van der Waals surface area contributed by atoms with Crippen molar-refractivity contribution in [3.8, 4) is 0 Å². The Kier molecular flexibility index (Phi) is 7.18. The highest BCUT2D eigenvalue weighted by Crippen LogP contribution is 2.18. The molecule has 0 bridgehead atoms. The molecule has 0 aliphatic carbocycles. The van der Waals surface area contributed by atoms with Gasteiger partial charge in [0.15, 0.2) is 0 Å². The lowest BCUT2D eigenvalue weighted by molar-refractivity contribution is -0.162. The van der Waals surface area contributed by atoms with Crippen LogP contribution in [-0.4, -0.2) is 36.6 Å². The highest BCUT2D eigenvalue weighted by atomic mass is 19.4. The summed E-state index contributed by atoms with van der Waals surface area (Å²) in [4.78, 5) is 12.5. The summed E-state index contributed by atoms with van der Waals surface area (Å²) in [5.41, 5.74) is 5.27.